The second-order valence-corrected chi connectivity index (χ2v) is 8.38. The zero-order chi connectivity index (χ0) is 19.1. The van der Waals surface area contributed by atoms with Crippen LogP contribution in [0.2, 0.25) is 0 Å². The van der Waals surface area contributed by atoms with Crippen LogP contribution in [0.15, 0.2) is 29.3 Å². The summed E-state index contributed by atoms with van der Waals surface area (Å²) in [7, 11) is 0.307. The average Bonchev–Trinajstić information content (AvgIpc) is 2.49. The van der Waals surface area contributed by atoms with Crippen molar-refractivity contribution in [2.75, 3.05) is 33.5 Å². The van der Waals surface area contributed by atoms with Crippen molar-refractivity contribution in [3.63, 3.8) is 0 Å². The van der Waals surface area contributed by atoms with E-state index in [4.69, 9.17) is 4.74 Å². The Morgan fingerprint density at radius 1 is 1.27 bits per heavy atom. The molecule has 0 saturated carbocycles. The summed E-state index contributed by atoms with van der Waals surface area (Å²) in [6, 6.07) is 7.86. The van der Waals surface area contributed by atoms with Crippen molar-refractivity contribution in [1.82, 2.24) is 14.9 Å². The van der Waals surface area contributed by atoms with Gasteiger partial charge in [-0.1, -0.05) is 12.1 Å². The highest BCUT2D eigenvalue weighted by molar-refractivity contribution is 14.0. The minimum absolute atomic E-state index is 0. The summed E-state index contributed by atoms with van der Waals surface area (Å²) >= 11 is 0. The number of aliphatic imine (C=N–C) groups is 1. The second-order valence-electron chi connectivity index (χ2n) is 6.63. The molecule has 0 saturated heterocycles. The number of halogens is 1. The van der Waals surface area contributed by atoms with Crippen LogP contribution in [0.5, 0.6) is 5.75 Å². The van der Waals surface area contributed by atoms with Gasteiger partial charge in [0.25, 0.3) is 0 Å². The van der Waals surface area contributed by atoms with Crippen LogP contribution in [0.1, 0.15) is 26.3 Å². The molecule has 0 bridgehead atoms. The minimum atomic E-state index is -3.28. The molecule has 7 nitrogen and oxygen atoms in total. The molecule has 2 N–H and O–H groups in total. The summed E-state index contributed by atoms with van der Waals surface area (Å²) in [6.07, 6.45) is 1.15. The van der Waals surface area contributed by atoms with Gasteiger partial charge >= 0.3 is 0 Å². The molecule has 1 rings (SSSR count). The van der Waals surface area contributed by atoms with E-state index in [0.717, 1.165) is 30.1 Å². The molecule has 0 aliphatic heterocycles. The summed E-state index contributed by atoms with van der Waals surface area (Å²) in [5.74, 6) is 1.54. The Bertz CT molecular complexity index is 676. The minimum Gasteiger partial charge on any atom is -0.497 e. The largest absolute Gasteiger partial charge is 0.497 e. The van der Waals surface area contributed by atoms with Gasteiger partial charge in [-0.05, 0) is 38.5 Å². The van der Waals surface area contributed by atoms with E-state index >= 15 is 0 Å². The van der Waals surface area contributed by atoms with E-state index in [-0.39, 0.29) is 24.0 Å². The molecule has 0 atom stereocenters. The highest BCUT2D eigenvalue weighted by Crippen LogP contribution is 2.13. The molecular formula is C17H31IN4O3S. The first-order chi connectivity index (χ1) is 11.6. The number of nitrogens with zero attached hydrogens (tertiary/aromatic N) is 2. The molecule has 0 spiro atoms. The van der Waals surface area contributed by atoms with Crippen LogP contribution >= 0.6 is 24.0 Å². The van der Waals surface area contributed by atoms with Gasteiger partial charge in [-0.2, -0.15) is 0 Å². The SMILES string of the molecule is CCNC(=NCC(C)(C)NS(C)(=O)=O)N(C)Cc1ccc(OC)cc1.I. The number of hydrogen-bond acceptors (Lipinski definition) is 4. The monoisotopic (exact) mass is 498 g/mol. The Hall–Kier alpha value is -1.07. The first kappa shape index (κ1) is 24.9. The van der Waals surface area contributed by atoms with E-state index in [1.807, 2.05) is 57.0 Å². The highest BCUT2D eigenvalue weighted by Gasteiger charge is 2.22. The first-order valence-corrected chi connectivity index (χ1v) is 10.1. The quantitative estimate of drug-likeness (QED) is 0.326. The fourth-order valence-corrected chi connectivity index (χ4v) is 3.42. The molecule has 0 unspecified atom stereocenters. The van der Waals surface area contributed by atoms with Gasteiger partial charge in [-0.15, -0.1) is 24.0 Å². The van der Waals surface area contributed by atoms with E-state index in [1.54, 1.807) is 7.11 Å². The summed E-state index contributed by atoms with van der Waals surface area (Å²) in [5.41, 5.74) is 0.470. The summed E-state index contributed by atoms with van der Waals surface area (Å²) in [6.45, 7) is 7.35. The number of sulfonamides is 1. The number of methoxy groups -OCH3 is 1. The fourth-order valence-electron chi connectivity index (χ4n) is 2.36. The van der Waals surface area contributed by atoms with Gasteiger partial charge < -0.3 is 15.0 Å². The lowest BCUT2D eigenvalue weighted by atomic mass is 10.1. The van der Waals surface area contributed by atoms with Crippen molar-refractivity contribution in [2.24, 2.45) is 4.99 Å². The third-order valence-corrected chi connectivity index (χ3v) is 4.28. The summed E-state index contributed by atoms with van der Waals surface area (Å²) in [4.78, 5) is 6.58. The highest BCUT2D eigenvalue weighted by atomic mass is 127. The number of nitrogens with one attached hydrogen (secondary N) is 2. The zero-order valence-corrected chi connectivity index (χ0v) is 19.5. The molecule has 0 radical (unpaired) electrons. The van der Waals surface area contributed by atoms with Gasteiger partial charge in [0.2, 0.25) is 10.0 Å². The third kappa shape index (κ3) is 9.58. The average molecular weight is 498 g/mol. The molecule has 0 amide bonds. The van der Waals surface area contributed by atoms with Gasteiger partial charge in [0.05, 0.1) is 19.9 Å². The van der Waals surface area contributed by atoms with Crippen molar-refractivity contribution < 1.29 is 13.2 Å². The Morgan fingerprint density at radius 3 is 2.31 bits per heavy atom. The van der Waals surface area contributed by atoms with Crippen molar-refractivity contribution >= 4 is 40.0 Å². The predicted molar refractivity (Wildman–Crippen MR) is 118 cm³/mol. The van der Waals surface area contributed by atoms with Crippen LogP contribution < -0.4 is 14.8 Å². The maximum absolute atomic E-state index is 11.4. The standard InChI is InChI=1S/C17H30N4O3S.HI/c1-7-18-16(19-13-17(2,3)20-25(6,22)23)21(4)12-14-8-10-15(24-5)11-9-14;/h8-11,20H,7,12-13H2,1-6H3,(H,18,19);1H. The van der Waals surface area contributed by atoms with Gasteiger partial charge in [0.1, 0.15) is 5.75 Å². The molecule has 0 fully saturated rings. The molecule has 1 aromatic carbocycles. The van der Waals surface area contributed by atoms with E-state index in [0.29, 0.717) is 13.1 Å². The van der Waals surface area contributed by atoms with Crippen molar-refractivity contribution in [3.8, 4) is 5.75 Å². The number of ether oxygens (including phenoxy) is 1. The van der Waals surface area contributed by atoms with Crippen LogP contribution in [0.25, 0.3) is 0 Å². The fraction of sp³-hybridized carbons (Fsp3) is 0.588. The van der Waals surface area contributed by atoms with Gasteiger partial charge in [-0.25, -0.2) is 13.1 Å². The predicted octanol–water partition coefficient (Wildman–Crippen LogP) is 2.04. The molecule has 26 heavy (non-hydrogen) atoms. The lowest BCUT2D eigenvalue weighted by molar-refractivity contribution is 0.414. The number of hydrogen-bond donors (Lipinski definition) is 2. The number of rotatable bonds is 8. The summed E-state index contributed by atoms with van der Waals surface area (Å²) in [5, 5.41) is 3.23. The zero-order valence-electron chi connectivity index (χ0n) is 16.4. The third-order valence-electron chi connectivity index (χ3n) is 3.36. The van der Waals surface area contributed by atoms with Gasteiger partial charge in [0, 0.05) is 25.7 Å². The molecular weight excluding hydrogens is 467 g/mol. The van der Waals surface area contributed by atoms with E-state index in [1.165, 1.54) is 0 Å². The maximum Gasteiger partial charge on any atom is 0.209 e. The van der Waals surface area contributed by atoms with Crippen LogP contribution in [-0.4, -0.2) is 58.3 Å². The molecule has 150 valence electrons. The van der Waals surface area contributed by atoms with Crippen LogP contribution in [0.3, 0.4) is 0 Å². The van der Waals surface area contributed by atoms with Crippen LogP contribution in [-0.2, 0) is 16.6 Å². The Balaban J connectivity index is 0.00000625. The van der Waals surface area contributed by atoms with Crippen molar-refractivity contribution in [1.29, 1.82) is 0 Å². The topological polar surface area (TPSA) is 83.0 Å². The summed E-state index contributed by atoms with van der Waals surface area (Å²) < 4.78 is 30.7. The molecule has 0 aliphatic rings. The maximum atomic E-state index is 11.4. The Kier molecular flexibility index (Phi) is 10.5. The smallest absolute Gasteiger partial charge is 0.209 e. The number of guanidine groups is 1. The lowest BCUT2D eigenvalue weighted by Crippen LogP contribution is -2.46. The Morgan fingerprint density at radius 2 is 1.85 bits per heavy atom. The van der Waals surface area contributed by atoms with E-state index < -0.39 is 15.6 Å². The van der Waals surface area contributed by atoms with Crippen molar-refractivity contribution in [2.45, 2.75) is 32.9 Å². The van der Waals surface area contributed by atoms with E-state index in [2.05, 4.69) is 15.0 Å². The van der Waals surface area contributed by atoms with E-state index in [9.17, 15) is 8.42 Å². The van der Waals surface area contributed by atoms with Gasteiger partial charge in [0.15, 0.2) is 5.96 Å². The lowest BCUT2D eigenvalue weighted by Gasteiger charge is -2.26. The van der Waals surface area contributed by atoms with Gasteiger partial charge in [-0.3, -0.25) is 4.99 Å². The van der Waals surface area contributed by atoms with Crippen molar-refractivity contribution in [3.05, 3.63) is 29.8 Å². The molecule has 1 aromatic rings. The second kappa shape index (κ2) is 10.9. The molecule has 0 aromatic heterocycles. The molecule has 0 aliphatic carbocycles. The molecule has 9 heteroatoms. The normalized spacial score (nSPS) is 12.3. The molecule has 0 heterocycles. The van der Waals surface area contributed by atoms with Crippen LogP contribution in [0, 0.1) is 0 Å². The van der Waals surface area contributed by atoms with Crippen LogP contribution in [0.4, 0.5) is 0 Å². The first-order valence-electron chi connectivity index (χ1n) is 8.17. The Labute approximate surface area is 174 Å². The number of benzene rings is 1.